The predicted molar refractivity (Wildman–Crippen MR) is 127 cm³/mol. The van der Waals surface area contributed by atoms with Gasteiger partial charge in [-0.15, -0.1) is 0 Å². The van der Waals surface area contributed by atoms with Gasteiger partial charge in [-0.25, -0.2) is 9.78 Å². The summed E-state index contributed by atoms with van der Waals surface area (Å²) in [7, 11) is 0. The number of rotatable bonds is 7. The first kappa shape index (κ1) is 23.1. The lowest BCUT2D eigenvalue weighted by Crippen LogP contribution is -2.22. The molecule has 0 radical (unpaired) electrons. The lowest BCUT2D eigenvalue weighted by atomic mass is 10.2. The molecule has 162 valence electrons. The van der Waals surface area contributed by atoms with E-state index in [2.05, 4.69) is 41.9 Å². The maximum atomic E-state index is 13.0. The zero-order valence-corrected chi connectivity index (χ0v) is 20.4. The van der Waals surface area contributed by atoms with E-state index in [0.29, 0.717) is 34.5 Å². The minimum atomic E-state index is -0.463. The third kappa shape index (κ3) is 5.80. The van der Waals surface area contributed by atoms with Crippen molar-refractivity contribution in [2.75, 3.05) is 6.61 Å². The first-order chi connectivity index (χ1) is 14.8. The number of hydrogen-bond acceptors (Lipinski definition) is 6. The monoisotopic (exact) mass is 549 g/mol. The van der Waals surface area contributed by atoms with E-state index >= 15 is 0 Å². The van der Waals surface area contributed by atoms with Crippen molar-refractivity contribution >= 4 is 54.9 Å². The van der Waals surface area contributed by atoms with Gasteiger partial charge in [0.15, 0.2) is 6.61 Å². The summed E-state index contributed by atoms with van der Waals surface area (Å²) in [5.74, 6) is 0.513. The van der Waals surface area contributed by atoms with Crippen LogP contribution in [0, 0.1) is 0 Å². The maximum Gasteiger partial charge on any atom is 0.344 e. The summed E-state index contributed by atoms with van der Waals surface area (Å²) in [6.07, 6.45) is 1.82. The van der Waals surface area contributed by atoms with E-state index in [1.54, 1.807) is 44.2 Å². The van der Waals surface area contributed by atoms with Gasteiger partial charge in [0.05, 0.1) is 23.2 Å². The van der Waals surface area contributed by atoms with Gasteiger partial charge in [-0.1, -0.05) is 38.8 Å². The van der Waals surface area contributed by atoms with Gasteiger partial charge in [0, 0.05) is 20.9 Å². The molecule has 0 amide bonds. The SMILES string of the molecule is CCc1nc2ccc(Br)cc2c(=O)n1N=Cc1cc(Br)ccc1OCC(=O)OC(C)C. The van der Waals surface area contributed by atoms with Gasteiger partial charge in [-0.3, -0.25) is 4.79 Å². The first-order valence-electron chi connectivity index (χ1n) is 9.66. The van der Waals surface area contributed by atoms with Gasteiger partial charge in [-0.05, 0) is 50.2 Å². The number of nitrogens with zero attached hydrogens (tertiary/aromatic N) is 3. The Morgan fingerprint density at radius 3 is 2.61 bits per heavy atom. The molecule has 9 heteroatoms. The van der Waals surface area contributed by atoms with Crippen molar-refractivity contribution in [2.45, 2.75) is 33.3 Å². The molecule has 0 unspecified atom stereocenters. The molecule has 7 nitrogen and oxygen atoms in total. The Balaban J connectivity index is 1.97. The summed E-state index contributed by atoms with van der Waals surface area (Å²) in [6.45, 7) is 5.22. The number of hydrogen-bond donors (Lipinski definition) is 0. The first-order valence-corrected chi connectivity index (χ1v) is 11.2. The van der Waals surface area contributed by atoms with E-state index in [4.69, 9.17) is 9.47 Å². The molecule has 0 spiro atoms. The van der Waals surface area contributed by atoms with Gasteiger partial charge in [0.1, 0.15) is 11.6 Å². The van der Waals surface area contributed by atoms with Crippen LogP contribution in [0.15, 0.2) is 55.2 Å². The van der Waals surface area contributed by atoms with Crippen molar-refractivity contribution in [3.8, 4) is 5.75 Å². The summed E-state index contributed by atoms with van der Waals surface area (Å²) < 4.78 is 13.6. The minimum absolute atomic E-state index is 0.221. The highest BCUT2D eigenvalue weighted by Crippen LogP contribution is 2.22. The van der Waals surface area contributed by atoms with Crippen LogP contribution in [0.2, 0.25) is 0 Å². The predicted octanol–water partition coefficient (Wildman–Crippen LogP) is 4.70. The normalized spacial score (nSPS) is 11.4. The molecule has 0 N–H and O–H groups in total. The Labute approximate surface area is 196 Å². The lowest BCUT2D eigenvalue weighted by Gasteiger charge is -2.11. The van der Waals surface area contributed by atoms with E-state index in [0.717, 1.165) is 8.95 Å². The molecule has 0 fully saturated rings. The molecule has 3 aromatic rings. The van der Waals surface area contributed by atoms with Crippen LogP contribution in [0.3, 0.4) is 0 Å². The van der Waals surface area contributed by atoms with Crippen LogP contribution in [0.5, 0.6) is 5.75 Å². The Morgan fingerprint density at radius 1 is 1.19 bits per heavy atom. The highest BCUT2D eigenvalue weighted by atomic mass is 79.9. The van der Waals surface area contributed by atoms with E-state index in [1.165, 1.54) is 10.9 Å². The van der Waals surface area contributed by atoms with Crippen molar-refractivity contribution in [1.29, 1.82) is 0 Å². The van der Waals surface area contributed by atoms with Crippen molar-refractivity contribution in [3.05, 3.63) is 67.1 Å². The molecule has 0 aliphatic carbocycles. The fourth-order valence-electron chi connectivity index (χ4n) is 2.85. The lowest BCUT2D eigenvalue weighted by molar-refractivity contribution is -0.149. The van der Waals surface area contributed by atoms with Crippen LogP contribution < -0.4 is 10.3 Å². The molecular formula is C22H21Br2N3O4. The molecule has 0 atom stereocenters. The minimum Gasteiger partial charge on any atom is -0.481 e. The molecule has 0 aliphatic rings. The number of aromatic nitrogens is 2. The summed E-state index contributed by atoms with van der Waals surface area (Å²) in [6, 6.07) is 10.7. The van der Waals surface area contributed by atoms with Gasteiger partial charge in [0.2, 0.25) is 0 Å². The van der Waals surface area contributed by atoms with Crippen LogP contribution in [-0.2, 0) is 16.0 Å². The molecule has 3 rings (SSSR count). The van der Waals surface area contributed by atoms with Crippen molar-refractivity contribution < 1.29 is 14.3 Å². The largest absolute Gasteiger partial charge is 0.481 e. The Kier molecular flexibility index (Phi) is 7.61. The zero-order chi connectivity index (χ0) is 22.5. The van der Waals surface area contributed by atoms with Crippen LogP contribution in [0.1, 0.15) is 32.2 Å². The maximum absolute atomic E-state index is 13.0. The van der Waals surface area contributed by atoms with Crippen LogP contribution in [0.4, 0.5) is 0 Å². The van der Waals surface area contributed by atoms with Gasteiger partial charge in [-0.2, -0.15) is 9.78 Å². The van der Waals surface area contributed by atoms with E-state index < -0.39 is 5.97 Å². The number of benzene rings is 2. The number of halogens is 2. The molecule has 0 saturated heterocycles. The molecule has 31 heavy (non-hydrogen) atoms. The van der Waals surface area contributed by atoms with Gasteiger partial charge in [0.25, 0.3) is 5.56 Å². The molecule has 0 saturated carbocycles. The smallest absolute Gasteiger partial charge is 0.344 e. The summed E-state index contributed by atoms with van der Waals surface area (Å²) in [5.41, 5.74) is 0.944. The van der Waals surface area contributed by atoms with Crippen molar-refractivity contribution in [3.63, 3.8) is 0 Å². The fraction of sp³-hybridized carbons (Fsp3) is 0.273. The molecule has 0 aliphatic heterocycles. The second kappa shape index (κ2) is 10.2. The highest BCUT2D eigenvalue weighted by Gasteiger charge is 2.12. The van der Waals surface area contributed by atoms with Crippen LogP contribution >= 0.6 is 31.9 Å². The number of carbonyl (C=O) groups is 1. The Bertz CT molecular complexity index is 1210. The summed E-state index contributed by atoms with van der Waals surface area (Å²) in [5, 5.41) is 4.85. The molecule has 2 aromatic carbocycles. The number of ether oxygens (including phenoxy) is 2. The molecule has 0 bridgehead atoms. The Morgan fingerprint density at radius 2 is 1.90 bits per heavy atom. The van der Waals surface area contributed by atoms with Gasteiger partial charge >= 0.3 is 5.97 Å². The average Bonchev–Trinajstić information content (AvgIpc) is 2.72. The van der Waals surface area contributed by atoms with E-state index in [9.17, 15) is 9.59 Å². The standard InChI is InChI=1S/C22H21Br2N3O4/c1-4-20-26-18-7-5-16(24)10-17(18)22(29)27(20)25-11-14-9-15(23)6-8-19(14)30-12-21(28)31-13(2)3/h5-11,13H,4,12H2,1-3H3. The molecule has 1 heterocycles. The number of fused-ring (bicyclic) bond motifs is 1. The van der Waals surface area contributed by atoms with E-state index in [-0.39, 0.29) is 18.3 Å². The van der Waals surface area contributed by atoms with Crippen LogP contribution in [-0.4, -0.2) is 34.6 Å². The van der Waals surface area contributed by atoms with E-state index in [1.807, 2.05) is 13.0 Å². The summed E-state index contributed by atoms with van der Waals surface area (Å²) >= 11 is 6.81. The zero-order valence-electron chi connectivity index (χ0n) is 17.3. The number of carbonyl (C=O) groups excluding carboxylic acids is 1. The fourth-order valence-corrected chi connectivity index (χ4v) is 3.59. The molecule has 1 aromatic heterocycles. The van der Waals surface area contributed by atoms with Crippen LogP contribution in [0.25, 0.3) is 10.9 Å². The quantitative estimate of drug-likeness (QED) is 0.314. The number of esters is 1. The summed E-state index contributed by atoms with van der Waals surface area (Å²) in [4.78, 5) is 29.4. The second-order valence-electron chi connectivity index (χ2n) is 6.91. The third-order valence-corrected chi connectivity index (χ3v) is 5.17. The topological polar surface area (TPSA) is 82.8 Å². The Hall–Kier alpha value is -2.52. The van der Waals surface area contributed by atoms with Gasteiger partial charge < -0.3 is 9.47 Å². The van der Waals surface area contributed by atoms with Crippen molar-refractivity contribution in [1.82, 2.24) is 9.66 Å². The highest BCUT2D eigenvalue weighted by molar-refractivity contribution is 9.10. The third-order valence-electron chi connectivity index (χ3n) is 4.19. The average molecular weight is 551 g/mol. The number of aryl methyl sites for hydroxylation is 1. The van der Waals surface area contributed by atoms with Crippen molar-refractivity contribution in [2.24, 2.45) is 5.10 Å². The molecular weight excluding hydrogens is 530 g/mol. The second-order valence-corrected chi connectivity index (χ2v) is 8.75.